The minimum absolute atomic E-state index is 0.112. The zero-order valence-corrected chi connectivity index (χ0v) is 10.7. The minimum Gasteiger partial charge on any atom is -0.491 e. The van der Waals surface area contributed by atoms with Gasteiger partial charge in [0.15, 0.2) is 0 Å². The van der Waals surface area contributed by atoms with Crippen LogP contribution in [-0.2, 0) is 4.79 Å². The predicted octanol–water partition coefficient (Wildman–Crippen LogP) is 1.37. The number of ether oxygens (including phenoxy) is 1. The van der Waals surface area contributed by atoms with Crippen LogP contribution >= 0.6 is 0 Å². The normalized spacial score (nSPS) is 14.3. The molecule has 1 aromatic carbocycles. The molecule has 0 saturated carbocycles. The van der Waals surface area contributed by atoms with Crippen molar-refractivity contribution in [3.63, 3.8) is 0 Å². The number of hydrogen-bond acceptors (Lipinski definition) is 4. The number of benzene rings is 1. The quantitative estimate of drug-likeness (QED) is 0.649. The number of aliphatic hydroxyl groups excluding tert-OH is 2. The van der Waals surface area contributed by atoms with Gasteiger partial charge in [0, 0.05) is 17.6 Å². The van der Waals surface area contributed by atoms with Crippen molar-refractivity contribution >= 4 is 5.97 Å². The lowest BCUT2D eigenvalue weighted by Gasteiger charge is -2.19. The molecule has 5 nitrogen and oxygen atoms in total. The highest BCUT2D eigenvalue weighted by Gasteiger charge is 2.18. The number of carboxylic acids is 1. The topological polar surface area (TPSA) is 87.0 Å². The second-order valence-electron chi connectivity index (χ2n) is 4.11. The molecule has 0 saturated heterocycles. The molecule has 104 valence electrons. The zero-order valence-electron chi connectivity index (χ0n) is 10.7. The van der Waals surface area contributed by atoms with Crippen LogP contribution in [-0.4, -0.2) is 34.5 Å². The molecule has 0 fully saturated rings. The van der Waals surface area contributed by atoms with E-state index in [1.807, 2.05) is 0 Å². The Bertz CT molecular complexity index is 441. The third-order valence-electron chi connectivity index (χ3n) is 2.63. The third kappa shape index (κ3) is 4.73. The molecule has 5 heteroatoms. The Hall–Kier alpha value is -1.85. The Labute approximate surface area is 111 Å². The second kappa shape index (κ2) is 7.56. The Kier molecular flexibility index (Phi) is 6.05. The highest BCUT2D eigenvalue weighted by atomic mass is 16.5. The van der Waals surface area contributed by atoms with Crippen molar-refractivity contribution in [2.24, 2.45) is 5.92 Å². The summed E-state index contributed by atoms with van der Waals surface area (Å²) in [4.78, 5) is 10.5. The van der Waals surface area contributed by atoms with Gasteiger partial charge >= 0.3 is 5.97 Å². The molecular weight excluding hydrogens is 248 g/mol. The third-order valence-corrected chi connectivity index (χ3v) is 2.63. The Balaban J connectivity index is 2.85. The van der Waals surface area contributed by atoms with Crippen LogP contribution in [0.15, 0.2) is 36.4 Å². The molecule has 0 aliphatic heterocycles. The fourth-order valence-electron chi connectivity index (χ4n) is 1.63. The lowest BCUT2D eigenvalue weighted by Crippen LogP contribution is -2.11. The van der Waals surface area contributed by atoms with Crippen molar-refractivity contribution in [1.29, 1.82) is 0 Å². The van der Waals surface area contributed by atoms with Crippen molar-refractivity contribution in [2.75, 3.05) is 13.2 Å². The molecule has 3 N–H and O–H groups in total. The molecule has 19 heavy (non-hydrogen) atoms. The van der Waals surface area contributed by atoms with E-state index in [9.17, 15) is 9.90 Å². The molecule has 0 aliphatic carbocycles. The highest BCUT2D eigenvalue weighted by Crippen LogP contribution is 2.30. The van der Waals surface area contributed by atoms with Gasteiger partial charge in [-0.25, -0.2) is 4.79 Å². The summed E-state index contributed by atoms with van der Waals surface area (Å²) in [7, 11) is 0. The molecule has 0 aliphatic rings. The van der Waals surface area contributed by atoms with Gasteiger partial charge in [-0.15, -0.1) is 0 Å². The molecule has 0 radical (unpaired) electrons. The zero-order chi connectivity index (χ0) is 14.3. The Morgan fingerprint density at radius 1 is 1.42 bits per heavy atom. The maximum Gasteiger partial charge on any atom is 0.327 e. The van der Waals surface area contributed by atoms with Crippen LogP contribution < -0.4 is 4.74 Å². The first-order chi connectivity index (χ1) is 9.06. The summed E-state index contributed by atoms with van der Waals surface area (Å²) in [5.41, 5.74) is 0.568. The first kappa shape index (κ1) is 15.2. The molecule has 0 spiro atoms. The van der Waals surface area contributed by atoms with E-state index in [1.54, 1.807) is 31.2 Å². The smallest absolute Gasteiger partial charge is 0.327 e. The van der Waals surface area contributed by atoms with E-state index in [2.05, 4.69) is 0 Å². The van der Waals surface area contributed by atoms with E-state index < -0.39 is 12.1 Å². The number of carbonyl (C=O) groups is 1. The fourth-order valence-corrected chi connectivity index (χ4v) is 1.63. The monoisotopic (exact) mass is 266 g/mol. The van der Waals surface area contributed by atoms with E-state index in [4.69, 9.17) is 14.9 Å². The average molecular weight is 266 g/mol. The number of rotatable bonds is 7. The van der Waals surface area contributed by atoms with Crippen LogP contribution in [0.5, 0.6) is 5.75 Å². The van der Waals surface area contributed by atoms with Crippen LogP contribution in [0.2, 0.25) is 0 Å². The maximum absolute atomic E-state index is 10.5. The van der Waals surface area contributed by atoms with Crippen LogP contribution in [0.1, 0.15) is 18.6 Å². The van der Waals surface area contributed by atoms with Crippen LogP contribution in [0.4, 0.5) is 0 Å². The molecule has 1 rings (SSSR count). The first-order valence-electron chi connectivity index (χ1n) is 5.98. The number of para-hydroxylation sites is 1. The van der Waals surface area contributed by atoms with Gasteiger partial charge in [-0.1, -0.05) is 31.2 Å². The van der Waals surface area contributed by atoms with Gasteiger partial charge in [-0.3, -0.25) is 0 Å². The Morgan fingerprint density at radius 2 is 2.11 bits per heavy atom. The van der Waals surface area contributed by atoms with Crippen LogP contribution in [0, 0.1) is 5.92 Å². The Morgan fingerprint density at radius 3 is 2.74 bits per heavy atom. The number of aliphatic carboxylic acids is 1. The number of aliphatic hydroxyl groups is 2. The van der Waals surface area contributed by atoms with Crippen molar-refractivity contribution in [3.05, 3.63) is 42.0 Å². The van der Waals surface area contributed by atoms with Crippen LogP contribution in [0.25, 0.3) is 0 Å². The van der Waals surface area contributed by atoms with Crippen molar-refractivity contribution in [1.82, 2.24) is 0 Å². The number of carboxylic acid groups (broad SMARTS) is 1. The summed E-state index contributed by atoms with van der Waals surface area (Å²) in [5, 5.41) is 27.5. The molecule has 2 atom stereocenters. The summed E-state index contributed by atoms with van der Waals surface area (Å²) in [6.07, 6.45) is 1.56. The van der Waals surface area contributed by atoms with Gasteiger partial charge in [-0.05, 0) is 6.07 Å². The largest absolute Gasteiger partial charge is 0.491 e. The van der Waals surface area contributed by atoms with E-state index >= 15 is 0 Å². The highest BCUT2D eigenvalue weighted by molar-refractivity contribution is 5.79. The lowest BCUT2D eigenvalue weighted by atomic mass is 9.96. The number of hydrogen-bond donors (Lipinski definition) is 3. The molecule has 1 aromatic rings. The van der Waals surface area contributed by atoms with Crippen LogP contribution in [0.3, 0.4) is 0 Å². The van der Waals surface area contributed by atoms with Crippen molar-refractivity contribution in [2.45, 2.75) is 13.0 Å². The molecule has 0 amide bonds. The average Bonchev–Trinajstić information content (AvgIpc) is 2.42. The van der Waals surface area contributed by atoms with Gasteiger partial charge in [0.2, 0.25) is 0 Å². The van der Waals surface area contributed by atoms with E-state index in [-0.39, 0.29) is 19.1 Å². The summed E-state index contributed by atoms with van der Waals surface area (Å²) in [6, 6.07) is 6.93. The summed E-state index contributed by atoms with van der Waals surface area (Å²) in [6.45, 7) is 1.74. The molecule has 0 aromatic heterocycles. The molecule has 0 bridgehead atoms. The van der Waals surface area contributed by atoms with Crippen molar-refractivity contribution < 1.29 is 24.9 Å². The van der Waals surface area contributed by atoms with Gasteiger partial charge in [0.05, 0.1) is 12.7 Å². The summed E-state index contributed by atoms with van der Waals surface area (Å²) < 4.78 is 5.33. The van der Waals surface area contributed by atoms with Gasteiger partial charge < -0.3 is 20.1 Å². The summed E-state index contributed by atoms with van der Waals surface area (Å²) >= 11 is 0. The predicted molar refractivity (Wildman–Crippen MR) is 69.9 cm³/mol. The molecular formula is C14H18O5. The van der Waals surface area contributed by atoms with E-state index in [1.165, 1.54) is 6.08 Å². The molecule has 0 unspecified atom stereocenters. The SMILES string of the molecule is C[C@@H](/C=C/C(=O)O)[C@H](O)c1ccccc1OCCO. The van der Waals surface area contributed by atoms with Gasteiger partial charge in [0.25, 0.3) is 0 Å². The van der Waals surface area contributed by atoms with Gasteiger partial charge in [-0.2, -0.15) is 0 Å². The van der Waals surface area contributed by atoms with Crippen molar-refractivity contribution in [3.8, 4) is 5.75 Å². The second-order valence-corrected chi connectivity index (χ2v) is 4.11. The van der Waals surface area contributed by atoms with E-state index in [0.29, 0.717) is 11.3 Å². The fraction of sp³-hybridized carbons (Fsp3) is 0.357. The first-order valence-corrected chi connectivity index (χ1v) is 5.98. The standard InChI is InChI=1S/C14H18O5/c1-10(6-7-13(16)17)14(18)11-4-2-3-5-12(11)19-9-8-15/h2-7,10,14-15,18H,8-9H2,1H3,(H,16,17)/b7-6+/t10-,14-/m0/s1. The minimum atomic E-state index is -1.05. The van der Waals surface area contributed by atoms with Gasteiger partial charge in [0.1, 0.15) is 12.4 Å². The van der Waals surface area contributed by atoms with E-state index in [0.717, 1.165) is 6.08 Å². The lowest BCUT2D eigenvalue weighted by molar-refractivity contribution is -0.131. The summed E-state index contributed by atoms with van der Waals surface area (Å²) in [5.74, 6) is -0.932. The molecule has 0 heterocycles. The maximum atomic E-state index is 10.5.